The number of ether oxygens (including phenoxy) is 1. The zero-order chi connectivity index (χ0) is 17.5. The fourth-order valence-electron chi connectivity index (χ4n) is 4.59. The molecule has 2 aliphatic heterocycles. The van der Waals surface area contributed by atoms with Crippen LogP contribution in [0.4, 0.5) is 0 Å². The van der Waals surface area contributed by atoms with Crippen LogP contribution in [0.3, 0.4) is 0 Å². The molecule has 2 fully saturated rings. The molecule has 0 N–H and O–H groups in total. The molecule has 2 aliphatic rings. The molecule has 23 heavy (non-hydrogen) atoms. The van der Waals surface area contributed by atoms with Crippen LogP contribution < -0.4 is 0 Å². The molecule has 0 aromatic heterocycles. The highest BCUT2D eigenvalue weighted by atomic mass is 16.5. The number of fused-ring (bicyclic) bond motifs is 1. The van der Waals surface area contributed by atoms with Crippen LogP contribution in [0.25, 0.3) is 0 Å². The van der Waals surface area contributed by atoms with Crippen LogP contribution in [0.2, 0.25) is 0 Å². The highest BCUT2D eigenvalue weighted by Gasteiger charge is 2.57. The minimum Gasteiger partial charge on any atom is -0.379 e. The van der Waals surface area contributed by atoms with E-state index < -0.39 is 0 Å². The average Bonchev–Trinajstić information content (AvgIpc) is 2.71. The highest BCUT2D eigenvalue weighted by molar-refractivity contribution is 5.10. The predicted molar refractivity (Wildman–Crippen MR) is 98.8 cm³/mol. The summed E-state index contributed by atoms with van der Waals surface area (Å²) in [5.41, 5.74) is 1.22. The topological polar surface area (TPSA) is 15.7 Å². The van der Waals surface area contributed by atoms with Gasteiger partial charge in [-0.25, -0.2) is 0 Å². The first kappa shape index (κ1) is 19.2. The van der Waals surface area contributed by atoms with Gasteiger partial charge in [0.1, 0.15) is 0 Å². The minimum absolute atomic E-state index is 0.331. The molecule has 136 valence electrons. The maximum atomic E-state index is 5.77. The first-order chi connectivity index (χ1) is 10.5. The molecule has 0 aliphatic carbocycles. The summed E-state index contributed by atoms with van der Waals surface area (Å²) in [7, 11) is 0. The van der Waals surface area contributed by atoms with Gasteiger partial charge >= 0.3 is 0 Å². The second kappa shape index (κ2) is 6.65. The zero-order valence-corrected chi connectivity index (χ0v) is 16.9. The Hall–Kier alpha value is -0.120. The molecule has 0 aromatic carbocycles. The van der Waals surface area contributed by atoms with Crippen molar-refractivity contribution in [1.82, 2.24) is 9.80 Å². The number of rotatable bonds is 7. The summed E-state index contributed by atoms with van der Waals surface area (Å²) >= 11 is 0. The van der Waals surface area contributed by atoms with Gasteiger partial charge < -0.3 is 9.64 Å². The smallest absolute Gasteiger partial charge is 0.0518 e. The molecule has 2 atom stereocenters. The van der Waals surface area contributed by atoms with Crippen molar-refractivity contribution < 1.29 is 4.74 Å². The van der Waals surface area contributed by atoms with Crippen LogP contribution in [-0.2, 0) is 4.74 Å². The van der Waals surface area contributed by atoms with Crippen molar-refractivity contribution in [3.63, 3.8) is 0 Å². The molecule has 2 heterocycles. The Morgan fingerprint density at radius 3 is 1.91 bits per heavy atom. The Labute approximate surface area is 144 Å². The van der Waals surface area contributed by atoms with Crippen LogP contribution in [0, 0.1) is 16.2 Å². The Balaban J connectivity index is 1.91. The Morgan fingerprint density at radius 1 is 0.957 bits per heavy atom. The number of likely N-dealkylation sites (tertiary alicyclic amines) is 2. The van der Waals surface area contributed by atoms with Crippen LogP contribution >= 0.6 is 0 Å². The molecule has 0 bridgehead atoms. The summed E-state index contributed by atoms with van der Waals surface area (Å²) in [6.45, 7) is 25.8. The van der Waals surface area contributed by atoms with Crippen molar-refractivity contribution in [3.8, 4) is 0 Å². The van der Waals surface area contributed by atoms with E-state index in [1.807, 2.05) is 0 Å². The van der Waals surface area contributed by atoms with E-state index in [0.29, 0.717) is 28.4 Å². The molecule has 0 aromatic rings. The fraction of sp³-hybridized carbons (Fsp3) is 1.00. The lowest BCUT2D eigenvalue weighted by molar-refractivity contribution is 0.0483. The van der Waals surface area contributed by atoms with Gasteiger partial charge in [-0.3, -0.25) is 4.90 Å². The predicted octanol–water partition coefficient (Wildman–Crippen LogP) is 3.88. The molecule has 2 saturated heterocycles. The first-order valence-corrected chi connectivity index (χ1v) is 9.54. The molecule has 0 unspecified atom stereocenters. The third-order valence-corrected chi connectivity index (χ3v) is 6.32. The summed E-state index contributed by atoms with van der Waals surface area (Å²) < 4.78 is 5.77. The molecular formula is C20H40N2O. The molecule has 0 spiro atoms. The Morgan fingerprint density at radius 2 is 1.48 bits per heavy atom. The number of hydrogen-bond acceptors (Lipinski definition) is 3. The van der Waals surface area contributed by atoms with E-state index in [9.17, 15) is 0 Å². The molecule has 3 nitrogen and oxygen atoms in total. The minimum atomic E-state index is 0.331. The zero-order valence-electron chi connectivity index (χ0n) is 16.9. The first-order valence-electron chi connectivity index (χ1n) is 9.54. The average molecular weight is 325 g/mol. The summed E-state index contributed by atoms with van der Waals surface area (Å²) in [6.07, 6.45) is 1.49. The third-order valence-electron chi connectivity index (χ3n) is 6.32. The van der Waals surface area contributed by atoms with Gasteiger partial charge in [0, 0.05) is 56.2 Å². The molecular weight excluding hydrogens is 284 g/mol. The summed E-state index contributed by atoms with van der Waals surface area (Å²) in [5.74, 6) is 0. The van der Waals surface area contributed by atoms with E-state index in [-0.39, 0.29) is 0 Å². The summed E-state index contributed by atoms with van der Waals surface area (Å²) in [6, 6.07) is 0.673. The lowest BCUT2D eigenvalue weighted by atomic mass is 9.71. The quantitative estimate of drug-likeness (QED) is 0.707. The van der Waals surface area contributed by atoms with Gasteiger partial charge in [0.25, 0.3) is 0 Å². The largest absolute Gasteiger partial charge is 0.379 e. The standard InChI is InChI=1S/C20H40N2O/c1-16(2)22-14-19(7)12-21(13-20(19,8)15-22)11-18(5,6)9-10-23-17(3)4/h16-17H,9-15H2,1-8H3/t19-,20+. The summed E-state index contributed by atoms with van der Waals surface area (Å²) in [4.78, 5) is 5.41. The van der Waals surface area contributed by atoms with Crippen molar-refractivity contribution >= 4 is 0 Å². The van der Waals surface area contributed by atoms with Gasteiger partial charge in [-0.2, -0.15) is 0 Å². The van der Waals surface area contributed by atoms with Crippen molar-refractivity contribution in [2.24, 2.45) is 16.2 Å². The van der Waals surface area contributed by atoms with Crippen molar-refractivity contribution in [2.75, 3.05) is 39.3 Å². The molecule has 0 amide bonds. The van der Waals surface area contributed by atoms with Gasteiger partial charge in [0.15, 0.2) is 0 Å². The monoisotopic (exact) mass is 324 g/mol. The summed E-state index contributed by atoms with van der Waals surface area (Å²) in [5, 5.41) is 0. The van der Waals surface area contributed by atoms with Crippen molar-refractivity contribution in [1.29, 1.82) is 0 Å². The molecule has 0 saturated carbocycles. The molecule has 0 radical (unpaired) electrons. The van der Waals surface area contributed by atoms with Gasteiger partial charge in [-0.1, -0.05) is 27.7 Å². The second-order valence-corrected chi connectivity index (χ2v) is 10.1. The normalized spacial score (nSPS) is 33.1. The van der Waals surface area contributed by atoms with E-state index in [1.165, 1.54) is 32.7 Å². The van der Waals surface area contributed by atoms with E-state index in [2.05, 4.69) is 65.2 Å². The van der Waals surface area contributed by atoms with E-state index in [0.717, 1.165) is 13.0 Å². The lowest BCUT2D eigenvalue weighted by Gasteiger charge is -2.33. The lowest BCUT2D eigenvalue weighted by Crippen LogP contribution is -2.39. The van der Waals surface area contributed by atoms with Crippen LogP contribution in [0.1, 0.15) is 61.8 Å². The maximum Gasteiger partial charge on any atom is 0.0518 e. The SMILES string of the molecule is CC(C)OCCC(C)(C)CN1C[C@@]2(C)CN(C(C)C)C[C@@]2(C)C1. The van der Waals surface area contributed by atoms with Crippen LogP contribution in [0.15, 0.2) is 0 Å². The highest BCUT2D eigenvalue weighted by Crippen LogP contribution is 2.52. The van der Waals surface area contributed by atoms with Crippen molar-refractivity contribution in [2.45, 2.75) is 74.0 Å². The van der Waals surface area contributed by atoms with Gasteiger partial charge in [0.2, 0.25) is 0 Å². The van der Waals surface area contributed by atoms with E-state index >= 15 is 0 Å². The van der Waals surface area contributed by atoms with Crippen LogP contribution in [0.5, 0.6) is 0 Å². The molecule has 3 heteroatoms. The van der Waals surface area contributed by atoms with Gasteiger partial charge in [-0.05, 0) is 39.5 Å². The third kappa shape index (κ3) is 4.29. The van der Waals surface area contributed by atoms with Crippen molar-refractivity contribution in [3.05, 3.63) is 0 Å². The molecule has 2 rings (SSSR count). The maximum absolute atomic E-state index is 5.77. The second-order valence-electron chi connectivity index (χ2n) is 10.1. The van der Waals surface area contributed by atoms with E-state index in [4.69, 9.17) is 4.74 Å². The van der Waals surface area contributed by atoms with E-state index in [1.54, 1.807) is 0 Å². The number of hydrogen-bond donors (Lipinski definition) is 0. The fourth-order valence-corrected chi connectivity index (χ4v) is 4.59. The van der Waals surface area contributed by atoms with Gasteiger partial charge in [-0.15, -0.1) is 0 Å². The Bertz CT molecular complexity index is 386. The number of nitrogens with zero attached hydrogens (tertiary/aromatic N) is 2. The van der Waals surface area contributed by atoms with Crippen LogP contribution in [-0.4, -0.2) is 61.3 Å². The Kier molecular flexibility index (Phi) is 5.55. The van der Waals surface area contributed by atoms with Gasteiger partial charge in [0.05, 0.1) is 6.10 Å².